The number of nitrogens with zero attached hydrogens (tertiary/aromatic N) is 1. The number of aliphatic carboxylic acids is 1. The molecule has 0 aliphatic heterocycles. The molecule has 7 nitrogen and oxygen atoms in total. The third kappa shape index (κ3) is 4.13. The Balaban J connectivity index is 2.69. The summed E-state index contributed by atoms with van der Waals surface area (Å²) in [6, 6.07) is -1.20. The minimum absolute atomic E-state index is 0.281. The first-order valence-corrected chi connectivity index (χ1v) is 5.00. The number of H-pyrrole nitrogens is 1. The van der Waals surface area contributed by atoms with Crippen LogP contribution < -0.4 is 5.32 Å². The van der Waals surface area contributed by atoms with Crippen molar-refractivity contribution in [1.29, 1.82) is 0 Å². The van der Waals surface area contributed by atoms with E-state index in [0.29, 0.717) is 0 Å². The number of aromatic amines is 1. The Hall–Kier alpha value is -2.05. The Labute approximate surface area is 98.2 Å². The van der Waals surface area contributed by atoms with E-state index in [9.17, 15) is 9.59 Å². The summed E-state index contributed by atoms with van der Waals surface area (Å²) in [5.74, 6) is -1.19. The molecular weight excluding hydrogens is 226 g/mol. The van der Waals surface area contributed by atoms with Crippen LogP contribution in [-0.2, 0) is 9.53 Å². The highest BCUT2D eigenvalue weighted by molar-refractivity contribution is 5.80. The molecule has 0 saturated heterocycles. The Kier molecular flexibility index (Phi) is 3.72. The minimum atomic E-state index is -1.20. The molecule has 0 aliphatic carbocycles. The Bertz CT molecular complexity index is 394. The van der Waals surface area contributed by atoms with Crippen LogP contribution in [0.2, 0.25) is 0 Å². The maximum Gasteiger partial charge on any atom is 0.408 e. The number of aromatic nitrogens is 2. The summed E-state index contributed by atoms with van der Waals surface area (Å²) in [5.41, 5.74) is -0.399. The summed E-state index contributed by atoms with van der Waals surface area (Å²) in [4.78, 5) is 28.7. The smallest absolute Gasteiger partial charge is 0.408 e. The van der Waals surface area contributed by atoms with Gasteiger partial charge in [-0.05, 0) is 20.8 Å². The van der Waals surface area contributed by atoms with E-state index in [1.165, 1.54) is 12.5 Å². The number of alkyl carbamates (subject to hydrolysis) is 1. The molecule has 1 atom stereocenters. The van der Waals surface area contributed by atoms with E-state index in [1.807, 2.05) is 0 Å². The van der Waals surface area contributed by atoms with Crippen molar-refractivity contribution in [3.05, 3.63) is 18.2 Å². The number of imidazole rings is 1. The van der Waals surface area contributed by atoms with Gasteiger partial charge < -0.3 is 20.1 Å². The number of carbonyl (C=O) groups excluding carboxylic acids is 1. The van der Waals surface area contributed by atoms with Crippen molar-refractivity contribution in [2.45, 2.75) is 32.4 Å². The molecule has 1 aromatic heterocycles. The quantitative estimate of drug-likeness (QED) is 0.734. The van der Waals surface area contributed by atoms with Gasteiger partial charge in [-0.3, -0.25) is 0 Å². The number of hydrogen-bond donors (Lipinski definition) is 3. The van der Waals surface area contributed by atoms with Gasteiger partial charge in [0.25, 0.3) is 0 Å². The fraction of sp³-hybridized carbons (Fsp3) is 0.500. The van der Waals surface area contributed by atoms with Crippen LogP contribution in [0.5, 0.6) is 0 Å². The van der Waals surface area contributed by atoms with Gasteiger partial charge in [0, 0.05) is 0 Å². The molecule has 1 heterocycles. The summed E-state index contributed by atoms with van der Waals surface area (Å²) in [5, 5.41) is 11.2. The maximum atomic E-state index is 11.4. The number of ether oxygens (including phenoxy) is 1. The molecule has 0 aromatic carbocycles. The van der Waals surface area contributed by atoms with Crippen LogP contribution in [0.25, 0.3) is 0 Å². The van der Waals surface area contributed by atoms with Crippen molar-refractivity contribution in [1.82, 2.24) is 15.3 Å². The third-order valence-electron chi connectivity index (χ3n) is 1.74. The van der Waals surface area contributed by atoms with Gasteiger partial charge in [-0.1, -0.05) is 0 Å². The van der Waals surface area contributed by atoms with Crippen LogP contribution in [0, 0.1) is 0 Å². The average Bonchev–Trinajstić information content (AvgIpc) is 2.63. The second-order valence-electron chi connectivity index (χ2n) is 4.42. The van der Waals surface area contributed by atoms with E-state index >= 15 is 0 Å². The summed E-state index contributed by atoms with van der Waals surface area (Å²) in [6.45, 7) is 5.08. The fourth-order valence-corrected chi connectivity index (χ4v) is 1.12. The zero-order chi connectivity index (χ0) is 13.1. The van der Waals surface area contributed by atoms with Crippen LogP contribution >= 0.6 is 0 Å². The van der Waals surface area contributed by atoms with Crippen LogP contribution in [0.3, 0.4) is 0 Å². The monoisotopic (exact) mass is 241 g/mol. The molecule has 0 fully saturated rings. The first-order chi connectivity index (χ1) is 7.79. The number of carbonyl (C=O) groups is 2. The first-order valence-electron chi connectivity index (χ1n) is 5.00. The van der Waals surface area contributed by atoms with Crippen molar-refractivity contribution in [3.63, 3.8) is 0 Å². The Morgan fingerprint density at radius 2 is 2.18 bits per heavy atom. The van der Waals surface area contributed by atoms with Gasteiger partial charge in [-0.25, -0.2) is 14.6 Å². The Morgan fingerprint density at radius 1 is 1.53 bits per heavy atom. The molecule has 0 aliphatic rings. The van der Waals surface area contributed by atoms with Gasteiger partial charge in [-0.15, -0.1) is 0 Å². The van der Waals surface area contributed by atoms with Crippen molar-refractivity contribution in [2.75, 3.05) is 0 Å². The van der Waals surface area contributed by atoms with Crippen LogP contribution in [0.1, 0.15) is 32.5 Å². The molecule has 0 unspecified atom stereocenters. The zero-order valence-electron chi connectivity index (χ0n) is 9.85. The van der Waals surface area contributed by atoms with E-state index in [0.717, 1.165) is 0 Å². The fourth-order valence-electron chi connectivity index (χ4n) is 1.12. The number of rotatable bonds is 3. The van der Waals surface area contributed by atoms with Crippen LogP contribution in [0.4, 0.5) is 4.79 Å². The highest BCUT2D eigenvalue weighted by Crippen LogP contribution is 2.12. The predicted molar refractivity (Wildman–Crippen MR) is 58.3 cm³/mol. The number of hydrogen-bond acceptors (Lipinski definition) is 4. The molecule has 0 radical (unpaired) electrons. The minimum Gasteiger partial charge on any atom is -0.479 e. The molecule has 1 aromatic rings. The third-order valence-corrected chi connectivity index (χ3v) is 1.74. The standard InChI is InChI=1S/C10H15N3O4/c1-10(2,3)17-9(16)13-7(8(14)15)6-4-11-5-12-6/h4-5,7H,1-3H3,(H,11,12)(H,13,16)(H,14,15)/t7-/m1/s1. The van der Waals surface area contributed by atoms with E-state index < -0.39 is 23.7 Å². The highest BCUT2D eigenvalue weighted by atomic mass is 16.6. The van der Waals surface area contributed by atoms with Crippen molar-refractivity contribution < 1.29 is 19.4 Å². The topological polar surface area (TPSA) is 104 Å². The van der Waals surface area contributed by atoms with Gasteiger partial charge in [0.1, 0.15) is 5.60 Å². The van der Waals surface area contributed by atoms with Crippen molar-refractivity contribution in [3.8, 4) is 0 Å². The van der Waals surface area contributed by atoms with Crippen molar-refractivity contribution in [2.24, 2.45) is 0 Å². The predicted octanol–water partition coefficient (Wildman–Crippen LogP) is 1.06. The lowest BCUT2D eigenvalue weighted by Crippen LogP contribution is -2.38. The second-order valence-corrected chi connectivity index (χ2v) is 4.42. The zero-order valence-corrected chi connectivity index (χ0v) is 9.85. The van der Waals surface area contributed by atoms with Gasteiger partial charge >= 0.3 is 12.1 Å². The largest absolute Gasteiger partial charge is 0.479 e. The van der Waals surface area contributed by atoms with Crippen LogP contribution in [0.15, 0.2) is 12.5 Å². The molecule has 17 heavy (non-hydrogen) atoms. The second kappa shape index (κ2) is 4.86. The highest BCUT2D eigenvalue weighted by Gasteiger charge is 2.26. The number of carboxylic acid groups (broad SMARTS) is 1. The summed E-state index contributed by atoms with van der Waals surface area (Å²) in [6.07, 6.45) is 1.87. The maximum absolute atomic E-state index is 11.4. The van der Waals surface area contributed by atoms with Gasteiger partial charge in [0.15, 0.2) is 6.04 Å². The molecule has 0 spiro atoms. The lowest BCUT2D eigenvalue weighted by molar-refractivity contribution is -0.139. The van der Waals surface area contributed by atoms with Gasteiger partial charge in [0.2, 0.25) is 0 Å². The molecule has 1 rings (SSSR count). The lowest BCUT2D eigenvalue weighted by Gasteiger charge is -2.21. The van der Waals surface area contributed by atoms with E-state index in [-0.39, 0.29) is 5.69 Å². The summed E-state index contributed by atoms with van der Waals surface area (Å²) >= 11 is 0. The van der Waals surface area contributed by atoms with E-state index in [2.05, 4.69) is 15.3 Å². The van der Waals surface area contributed by atoms with Gasteiger partial charge in [-0.2, -0.15) is 0 Å². The summed E-state index contributed by atoms with van der Waals surface area (Å²) in [7, 11) is 0. The molecule has 1 amide bonds. The normalized spacial score (nSPS) is 12.9. The van der Waals surface area contributed by atoms with Gasteiger partial charge in [0.05, 0.1) is 18.2 Å². The molecular formula is C10H15N3O4. The SMILES string of the molecule is CC(C)(C)OC(=O)N[C@@H](C(=O)O)c1cnc[nH]1. The molecule has 0 saturated carbocycles. The molecule has 7 heteroatoms. The molecule has 3 N–H and O–H groups in total. The van der Waals surface area contributed by atoms with Crippen LogP contribution in [-0.4, -0.2) is 32.7 Å². The average molecular weight is 241 g/mol. The van der Waals surface area contributed by atoms with Crippen molar-refractivity contribution >= 4 is 12.1 Å². The van der Waals surface area contributed by atoms with E-state index in [1.54, 1.807) is 20.8 Å². The molecule has 0 bridgehead atoms. The number of nitrogens with one attached hydrogen (secondary N) is 2. The first kappa shape index (κ1) is 13.0. The Morgan fingerprint density at radius 3 is 2.59 bits per heavy atom. The summed E-state index contributed by atoms with van der Waals surface area (Å²) < 4.78 is 4.97. The number of carboxylic acids is 1. The lowest BCUT2D eigenvalue weighted by atomic mass is 10.2. The molecule has 94 valence electrons. The number of amides is 1. The van der Waals surface area contributed by atoms with E-state index in [4.69, 9.17) is 9.84 Å².